The van der Waals surface area contributed by atoms with Crippen LogP contribution < -0.4 is 53.7 Å². The summed E-state index contributed by atoms with van der Waals surface area (Å²) in [6.07, 6.45) is 6.24. The fourth-order valence-corrected chi connectivity index (χ4v) is 4.34. The first-order valence-corrected chi connectivity index (χ1v) is 12.3. The Kier molecular flexibility index (Phi) is 10.2. The van der Waals surface area contributed by atoms with Crippen LogP contribution in [-0.4, -0.2) is 5.91 Å². The van der Waals surface area contributed by atoms with Crippen molar-refractivity contribution in [2.24, 2.45) is 0 Å². The molecule has 0 aliphatic rings. The molecular weight excluding hydrogens is 604 g/mol. The molecule has 3 aromatic carbocycles. The number of pyridine rings is 2. The lowest BCUT2D eigenvalue weighted by molar-refractivity contribution is -0.693. The second-order valence-electron chi connectivity index (χ2n) is 8.68. The minimum absolute atomic E-state index is 0. The smallest absolute Gasteiger partial charge is 0.255 e. The van der Waals surface area contributed by atoms with E-state index in [1.165, 1.54) is 5.52 Å². The van der Waals surface area contributed by atoms with E-state index >= 15 is 0 Å². The molecule has 0 radical (unpaired) electrons. The first-order valence-electron chi connectivity index (χ1n) is 12.3. The molecular formula is C31H30Br2N4O. The zero-order valence-corrected chi connectivity index (χ0v) is 24.5. The fraction of sp³-hybridized carbons (Fsp3) is 0.129. The average Bonchev–Trinajstić information content (AvgIpc) is 2.94. The summed E-state index contributed by atoms with van der Waals surface area (Å²) in [6, 6.07) is 30.1. The number of carbonyl (C=O) groups is 1. The van der Waals surface area contributed by atoms with Crippen LogP contribution in [0, 0.1) is 0 Å². The monoisotopic (exact) mass is 632 g/mol. The Labute approximate surface area is 244 Å². The van der Waals surface area contributed by atoms with E-state index in [1.54, 1.807) is 0 Å². The SMILES string of the molecule is CC[n+]1ccc(-c2ccc(NC(=O)c3ccc(Nc4cc[n+](CC)c5ccccc45)cc3)cc2)cc1.[Br-].[Br-]. The number of halogens is 2. The number of para-hydroxylation sites is 1. The van der Waals surface area contributed by atoms with Gasteiger partial charge in [0.1, 0.15) is 13.1 Å². The molecule has 38 heavy (non-hydrogen) atoms. The van der Waals surface area contributed by atoms with Crippen molar-refractivity contribution in [2.75, 3.05) is 10.6 Å². The van der Waals surface area contributed by atoms with Crippen molar-refractivity contribution in [3.63, 3.8) is 0 Å². The molecule has 0 saturated carbocycles. The summed E-state index contributed by atoms with van der Waals surface area (Å²) in [5.41, 5.74) is 6.80. The van der Waals surface area contributed by atoms with E-state index < -0.39 is 0 Å². The lowest BCUT2D eigenvalue weighted by Gasteiger charge is -2.10. The summed E-state index contributed by atoms with van der Waals surface area (Å²) in [5, 5.41) is 7.65. The number of hydrogen-bond donors (Lipinski definition) is 2. The lowest BCUT2D eigenvalue weighted by atomic mass is 10.1. The van der Waals surface area contributed by atoms with Gasteiger partial charge in [-0.25, -0.2) is 4.57 Å². The quantitative estimate of drug-likeness (QED) is 0.251. The van der Waals surface area contributed by atoms with Crippen LogP contribution in [0.25, 0.3) is 22.0 Å². The molecule has 0 aliphatic heterocycles. The highest BCUT2D eigenvalue weighted by Gasteiger charge is 2.12. The van der Waals surface area contributed by atoms with Crippen molar-refractivity contribution in [3.05, 3.63) is 115 Å². The van der Waals surface area contributed by atoms with Crippen LogP contribution in [-0.2, 0) is 13.1 Å². The van der Waals surface area contributed by atoms with E-state index in [4.69, 9.17) is 0 Å². The summed E-state index contributed by atoms with van der Waals surface area (Å²) in [7, 11) is 0. The average molecular weight is 634 g/mol. The van der Waals surface area contributed by atoms with Gasteiger partial charge in [0.15, 0.2) is 18.6 Å². The van der Waals surface area contributed by atoms with Gasteiger partial charge in [-0.15, -0.1) is 0 Å². The number of amides is 1. The second-order valence-corrected chi connectivity index (χ2v) is 8.68. The Balaban J connectivity index is 0.00000200. The summed E-state index contributed by atoms with van der Waals surface area (Å²) >= 11 is 0. The van der Waals surface area contributed by atoms with Crippen molar-refractivity contribution in [1.82, 2.24) is 0 Å². The predicted octanol–water partition coefficient (Wildman–Crippen LogP) is 0.126. The summed E-state index contributed by atoms with van der Waals surface area (Å²) in [4.78, 5) is 12.8. The number of fused-ring (bicyclic) bond motifs is 1. The van der Waals surface area contributed by atoms with E-state index in [0.29, 0.717) is 5.56 Å². The molecule has 5 aromatic rings. The number of aromatic nitrogens is 2. The lowest BCUT2D eigenvalue weighted by Crippen LogP contribution is -3.00. The number of rotatable bonds is 7. The summed E-state index contributed by atoms with van der Waals surface area (Å²) < 4.78 is 4.35. The van der Waals surface area contributed by atoms with Gasteiger partial charge in [0, 0.05) is 41.2 Å². The molecule has 0 fully saturated rings. The number of aryl methyl sites for hydroxylation is 2. The molecule has 194 valence electrons. The first kappa shape index (κ1) is 29.0. The van der Waals surface area contributed by atoms with Crippen LogP contribution in [0.1, 0.15) is 24.2 Å². The third-order valence-corrected chi connectivity index (χ3v) is 6.42. The molecule has 5 rings (SSSR count). The molecule has 0 unspecified atom stereocenters. The maximum Gasteiger partial charge on any atom is 0.255 e. The Morgan fingerprint density at radius 2 is 1.32 bits per heavy atom. The number of benzene rings is 3. The Morgan fingerprint density at radius 3 is 1.97 bits per heavy atom. The second kappa shape index (κ2) is 13.3. The molecule has 2 heterocycles. The molecule has 0 aliphatic carbocycles. The van der Waals surface area contributed by atoms with Crippen LogP contribution in [0.4, 0.5) is 17.1 Å². The van der Waals surface area contributed by atoms with Gasteiger partial charge in [0.2, 0.25) is 5.52 Å². The van der Waals surface area contributed by atoms with Crippen LogP contribution in [0.15, 0.2) is 110 Å². The van der Waals surface area contributed by atoms with Gasteiger partial charge in [-0.3, -0.25) is 4.79 Å². The van der Waals surface area contributed by atoms with Crippen molar-refractivity contribution in [2.45, 2.75) is 26.9 Å². The van der Waals surface area contributed by atoms with E-state index in [0.717, 1.165) is 46.7 Å². The third kappa shape index (κ3) is 6.47. The molecule has 5 nitrogen and oxygen atoms in total. The van der Waals surface area contributed by atoms with E-state index in [1.807, 2.05) is 48.5 Å². The van der Waals surface area contributed by atoms with Gasteiger partial charge >= 0.3 is 0 Å². The van der Waals surface area contributed by atoms with Crippen molar-refractivity contribution in [1.29, 1.82) is 0 Å². The number of nitrogens with zero attached hydrogens (tertiary/aromatic N) is 2. The topological polar surface area (TPSA) is 48.9 Å². The maximum absolute atomic E-state index is 12.8. The van der Waals surface area contributed by atoms with Crippen molar-refractivity contribution in [3.8, 4) is 11.1 Å². The first-order chi connectivity index (χ1) is 17.6. The number of anilines is 3. The number of carbonyl (C=O) groups excluding carboxylic acids is 1. The highest BCUT2D eigenvalue weighted by atomic mass is 79.9. The molecule has 0 spiro atoms. The third-order valence-electron chi connectivity index (χ3n) is 6.42. The van der Waals surface area contributed by atoms with Gasteiger partial charge < -0.3 is 44.6 Å². The van der Waals surface area contributed by atoms with Gasteiger partial charge in [0.05, 0.1) is 11.1 Å². The molecule has 0 atom stereocenters. The van der Waals surface area contributed by atoms with Gasteiger partial charge in [-0.1, -0.05) is 24.3 Å². The van der Waals surface area contributed by atoms with Crippen LogP contribution in [0.2, 0.25) is 0 Å². The Bertz CT molecular complexity index is 1500. The van der Waals surface area contributed by atoms with Crippen molar-refractivity contribution < 1.29 is 47.9 Å². The molecule has 0 bridgehead atoms. The summed E-state index contributed by atoms with van der Waals surface area (Å²) in [5.74, 6) is -0.132. The van der Waals surface area contributed by atoms with Crippen LogP contribution in [0.5, 0.6) is 0 Å². The van der Waals surface area contributed by atoms with E-state index in [9.17, 15) is 4.79 Å². The predicted molar refractivity (Wildman–Crippen MR) is 145 cm³/mol. The minimum atomic E-state index is -0.132. The zero-order chi connectivity index (χ0) is 24.9. The Hall–Kier alpha value is -3.55. The standard InChI is InChI=1S/C31H28N4O.2BrH/c1-3-34-20-17-24(18-21-34)23-9-13-27(14-10-23)33-31(36)25-11-15-26(16-12-25)32-29-19-22-35(4-2)30-8-6-5-7-28(29)30;;/h5-22H,3-4H2,1-2H3;2*1H. The number of hydrogen-bond acceptors (Lipinski definition) is 2. The molecule has 1 amide bonds. The zero-order valence-electron chi connectivity index (χ0n) is 21.4. The molecule has 2 aromatic heterocycles. The molecule has 2 N–H and O–H groups in total. The van der Waals surface area contributed by atoms with Gasteiger partial charge in [0.25, 0.3) is 5.91 Å². The fourth-order valence-electron chi connectivity index (χ4n) is 4.34. The molecule has 7 heteroatoms. The van der Waals surface area contributed by atoms with Crippen LogP contribution in [0.3, 0.4) is 0 Å². The highest BCUT2D eigenvalue weighted by molar-refractivity contribution is 6.04. The molecule has 0 saturated heterocycles. The Morgan fingerprint density at radius 1 is 0.684 bits per heavy atom. The number of nitrogens with one attached hydrogen (secondary N) is 2. The highest BCUT2D eigenvalue weighted by Crippen LogP contribution is 2.25. The summed E-state index contributed by atoms with van der Waals surface area (Å²) in [6.45, 7) is 6.12. The van der Waals surface area contributed by atoms with Gasteiger partial charge in [-0.05, 0) is 67.4 Å². The largest absolute Gasteiger partial charge is 1.00 e. The maximum atomic E-state index is 12.8. The van der Waals surface area contributed by atoms with E-state index in [2.05, 4.69) is 94.7 Å². The van der Waals surface area contributed by atoms with Crippen LogP contribution >= 0.6 is 0 Å². The van der Waals surface area contributed by atoms with E-state index in [-0.39, 0.29) is 39.9 Å². The van der Waals surface area contributed by atoms with Crippen molar-refractivity contribution >= 4 is 33.9 Å². The normalized spacial score (nSPS) is 10.3. The van der Waals surface area contributed by atoms with Gasteiger partial charge in [-0.2, -0.15) is 4.57 Å². The minimum Gasteiger partial charge on any atom is -1.00 e.